The highest BCUT2D eigenvalue weighted by molar-refractivity contribution is 5.23. The summed E-state index contributed by atoms with van der Waals surface area (Å²) in [5.41, 5.74) is 1.45. The van der Waals surface area contributed by atoms with Gasteiger partial charge in [-0.2, -0.15) is 4.98 Å². The second-order valence-electron chi connectivity index (χ2n) is 3.61. The summed E-state index contributed by atoms with van der Waals surface area (Å²) >= 11 is 0. The van der Waals surface area contributed by atoms with Gasteiger partial charge in [0.05, 0.1) is 0 Å². The van der Waals surface area contributed by atoms with Gasteiger partial charge in [-0.15, -0.1) is 0 Å². The number of rotatable bonds is 3. The molecular formula is C10H15N3O. The Labute approximate surface area is 83.4 Å². The van der Waals surface area contributed by atoms with Crippen molar-refractivity contribution in [2.45, 2.75) is 32.6 Å². The van der Waals surface area contributed by atoms with E-state index in [2.05, 4.69) is 21.5 Å². The van der Waals surface area contributed by atoms with Crippen molar-refractivity contribution in [1.29, 1.82) is 0 Å². The molecule has 1 aromatic heterocycles. The van der Waals surface area contributed by atoms with Crippen molar-refractivity contribution in [3.05, 3.63) is 17.5 Å². The minimum Gasteiger partial charge on any atom is -0.334 e. The summed E-state index contributed by atoms with van der Waals surface area (Å²) in [5, 5.41) is 6.84. The quantitative estimate of drug-likeness (QED) is 0.748. The minimum atomic E-state index is 0.522. The molecule has 0 spiro atoms. The van der Waals surface area contributed by atoms with E-state index in [1.807, 2.05) is 6.92 Å². The molecule has 4 nitrogen and oxygen atoms in total. The molecule has 0 aliphatic heterocycles. The smallest absolute Gasteiger partial charge is 0.321 e. The van der Waals surface area contributed by atoms with Crippen LogP contribution in [0.15, 0.2) is 16.2 Å². The molecule has 0 aromatic carbocycles. The molecule has 0 fully saturated rings. The van der Waals surface area contributed by atoms with E-state index in [-0.39, 0.29) is 0 Å². The van der Waals surface area contributed by atoms with Crippen molar-refractivity contribution in [2.24, 2.45) is 0 Å². The van der Waals surface area contributed by atoms with Gasteiger partial charge in [0.15, 0.2) is 5.82 Å². The van der Waals surface area contributed by atoms with E-state index in [0.717, 1.165) is 6.54 Å². The summed E-state index contributed by atoms with van der Waals surface area (Å²) in [6, 6.07) is 0.522. The number of allylic oxidation sites excluding steroid dienone is 1. The fraction of sp³-hybridized carbons (Fsp3) is 0.600. The molecule has 1 heterocycles. The fourth-order valence-corrected chi connectivity index (χ4v) is 1.62. The Morgan fingerprint density at radius 2 is 2.43 bits per heavy atom. The minimum absolute atomic E-state index is 0.522. The molecule has 0 radical (unpaired) electrons. The SMILES string of the molecule is Cc1noc(NCC2=CCCCC2)n1. The monoisotopic (exact) mass is 193 g/mol. The molecule has 0 saturated carbocycles. The van der Waals surface area contributed by atoms with Gasteiger partial charge in [-0.05, 0) is 32.6 Å². The first-order valence-corrected chi connectivity index (χ1v) is 5.07. The van der Waals surface area contributed by atoms with E-state index < -0.39 is 0 Å². The van der Waals surface area contributed by atoms with E-state index in [0.29, 0.717) is 11.8 Å². The molecule has 1 N–H and O–H groups in total. The largest absolute Gasteiger partial charge is 0.334 e. The zero-order valence-electron chi connectivity index (χ0n) is 8.42. The molecule has 1 aliphatic rings. The number of nitrogens with one attached hydrogen (secondary N) is 1. The number of hydrogen-bond donors (Lipinski definition) is 1. The lowest BCUT2D eigenvalue weighted by molar-refractivity contribution is 0.426. The first-order valence-electron chi connectivity index (χ1n) is 5.07. The highest BCUT2D eigenvalue weighted by Gasteiger charge is 2.05. The lowest BCUT2D eigenvalue weighted by Crippen LogP contribution is -2.07. The van der Waals surface area contributed by atoms with Crippen molar-refractivity contribution in [3.63, 3.8) is 0 Å². The highest BCUT2D eigenvalue weighted by Crippen LogP contribution is 2.17. The highest BCUT2D eigenvalue weighted by atomic mass is 16.5. The molecular weight excluding hydrogens is 178 g/mol. The maximum absolute atomic E-state index is 4.96. The van der Waals surface area contributed by atoms with Crippen molar-refractivity contribution in [3.8, 4) is 0 Å². The molecule has 76 valence electrons. The fourth-order valence-electron chi connectivity index (χ4n) is 1.62. The van der Waals surface area contributed by atoms with Crippen LogP contribution in [0, 0.1) is 6.92 Å². The van der Waals surface area contributed by atoms with Gasteiger partial charge in [0.25, 0.3) is 0 Å². The van der Waals surface area contributed by atoms with Crippen LogP contribution in [-0.2, 0) is 0 Å². The van der Waals surface area contributed by atoms with Crippen LogP contribution in [0.1, 0.15) is 31.5 Å². The Kier molecular flexibility index (Phi) is 2.81. The van der Waals surface area contributed by atoms with Crippen LogP contribution >= 0.6 is 0 Å². The summed E-state index contributed by atoms with van der Waals surface area (Å²) in [6.07, 6.45) is 7.33. The van der Waals surface area contributed by atoms with Gasteiger partial charge in [0.1, 0.15) is 0 Å². The van der Waals surface area contributed by atoms with Crippen molar-refractivity contribution < 1.29 is 4.52 Å². The number of hydrogen-bond acceptors (Lipinski definition) is 4. The third kappa shape index (κ3) is 2.34. The van der Waals surface area contributed by atoms with E-state index >= 15 is 0 Å². The molecule has 2 rings (SSSR count). The van der Waals surface area contributed by atoms with Crippen molar-refractivity contribution in [2.75, 3.05) is 11.9 Å². The van der Waals surface area contributed by atoms with Gasteiger partial charge in [0, 0.05) is 6.54 Å². The van der Waals surface area contributed by atoms with Gasteiger partial charge < -0.3 is 9.84 Å². The average Bonchev–Trinajstić information content (AvgIpc) is 2.63. The summed E-state index contributed by atoms with van der Waals surface area (Å²) in [7, 11) is 0. The van der Waals surface area contributed by atoms with Crippen molar-refractivity contribution in [1.82, 2.24) is 10.1 Å². The van der Waals surface area contributed by atoms with E-state index in [9.17, 15) is 0 Å². The van der Waals surface area contributed by atoms with Crippen LogP contribution < -0.4 is 5.32 Å². The summed E-state index contributed by atoms with van der Waals surface area (Å²) in [5.74, 6) is 0.671. The van der Waals surface area contributed by atoms with Crippen LogP contribution in [0.2, 0.25) is 0 Å². The molecule has 0 amide bonds. The molecule has 1 aliphatic carbocycles. The second-order valence-corrected chi connectivity index (χ2v) is 3.61. The second kappa shape index (κ2) is 4.26. The predicted molar refractivity (Wildman–Crippen MR) is 54.1 cm³/mol. The maximum Gasteiger partial charge on any atom is 0.321 e. The number of nitrogens with zero attached hydrogens (tertiary/aromatic N) is 2. The third-order valence-corrected chi connectivity index (χ3v) is 2.38. The molecule has 0 unspecified atom stereocenters. The molecule has 14 heavy (non-hydrogen) atoms. The Balaban J connectivity index is 1.84. The lowest BCUT2D eigenvalue weighted by atomic mass is 10.00. The Morgan fingerprint density at radius 3 is 3.07 bits per heavy atom. The summed E-state index contributed by atoms with van der Waals surface area (Å²) < 4.78 is 4.96. The maximum atomic E-state index is 4.96. The Hall–Kier alpha value is -1.32. The van der Waals surface area contributed by atoms with Crippen LogP contribution in [-0.4, -0.2) is 16.7 Å². The van der Waals surface area contributed by atoms with Gasteiger partial charge in [0.2, 0.25) is 0 Å². The summed E-state index contributed by atoms with van der Waals surface area (Å²) in [4.78, 5) is 4.08. The van der Waals surface area contributed by atoms with Crippen LogP contribution in [0.5, 0.6) is 0 Å². The van der Waals surface area contributed by atoms with Gasteiger partial charge >= 0.3 is 6.01 Å². The zero-order valence-corrected chi connectivity index (χ0v) is 8.42. The lowest BCUT2D eigenvalue weighted by Gasteiger charge is -2.11. The molecule has 0 bridgehead atoms. The van der Waals surface area contributed by atoms with E-state index in [4.69, 9.17) is 4.52 Å². The molecule has 4 heteroatoms. The Bertz CT molecular complexity index is 330. The van der Waals surface area contributed by atoms with Gasteiger partial charge in [-0.3, -0.25) is 0 Å². The molecule has 0 saturated heterocycles. The normalized spacial score (nSPS) is 16.5. The summed E-state index contributed by atoms with van der Waals surface area (Å²) in [6.45, 7) is 2.65. The van der Waals surface area contributed by atoms with E-state index in [1.54, 1.807) is 0 Å². The van der Waals surface area contributed by atoms with E-state index in [1.165, 1.54) is 31.3 Å². The van der Waals surface area contributed by atoms with Crippen LogP contribution in [0.25, 0.3) is 0 Å². The first kappa shape index (κ1) is 9.24. The third-order valence-electron chi connectivity index (χ3n) is 2.38. The predicted octanol–water partition coefficient (Wildman–Crippen LogP) is 2.29. The van der Waals surface area contributed by atoms with Gasteiger partial charge in [-0.25, -0.2) is 0 Å². The average molecular weight is 193 g/mol. The topological polar surface area (TPSA) is 51.0 Å². The first-order chi connectivity index (χ1) is 6.84. The van der Waals surface area contributed by atoms with Gasteiger partial charge in [-0.1, -0.05) is 16.8 Å². The standard InChI is InChI=1S/C10H15N3O/c1-8-12-10(14-13-8)11-7-9-5-3-2-4-6-9/h5H,2-4,6-7H2,1H3,(H,11,12,13). The number of anilines is 1. The Morgan fingerprint density at radius 1 is 1.50 bits per heavy atom. The van der Waals surface area contributed by atoms with Crippen LogP contribution in [0.4, 0.5) is 6.01 Å². The molecule has 1 aromatic rings. The number of aryl methyl sites for hydroxylation is 1. The zero-order chi connectivity index (χ0) is 9.80. The molecule has 0 atom stereocenters. The van der Waals surface area contributed by atoms with Crippen molar-refractivity contribution >= 4 is 6.01 Å². The van der Waals surface area contributed by atoms with Crippen LogP contribution in [0.3, 0.4) is 0 Å². The number of aromatic nitrogens is 2.